The topological polar surface area (TPSA) is 139 Å². The fourth-order valence-electron chi connectivity index (χ4n) is 3.08. The Bertz CT molecular complexity index is 1210. The molecule has 0 saturated carbocycles. The van der Waals surface area contributed by atoms with Crippen molar-refractivity contribution < 1.29 is 19.1 Å². The Kier molecular flexibility index (Phi) is 4.80. The molecule has 0 aliphatic carbocycles. The highest BCUT2D eigenvalue weighted by molar-refractivity contribution is 6.14. The van der Waals surface area contributed by atoms with E-state index in [1.54, 1.807) is 18.2 Å². The third-order valence-corrected chi connectivity index (χ3v) is 4.51. The molecule has 0 aliphatic heterocycles. The van der Waals surface area contributed by atoms with E-state index in [4.69, 9.17) is 15.2 Å². The first-order valence-corrected chi connectivity index (χ1v) is 8.88. The van der Waals surface area contributed by atoms with Gasteiger partial charge in [0.25, 0.3) is 11.8 Å². The summed E-state index contributed by atoms with van der Waals surface area (Å²) in [5, 5.41) is 0. The summed E-state index contributed by atoms with van der Waals surface area (Å²) in [5.41, 5.74) is 6.91. The molecular formula is C20H18N6O4. The van der Waals surface area contributed by atoms with E-state index in [2.05, 4.69) is 19.9 Å². The molecule has 0 fully saturated rings. The SMILES string of the molecule is COc1ccc(N(C(=O)c2nc[nH]c2C(N)=O)c2nc3ccccc3[nH]2)c(OC)c1. The van der Waals surface area contributed by atoms with Crippen LogP contribution in [-0.2, 0) is 0 Å². The molecule has 0 aliphatic rings. The molecule has 30 heavy (non-hydrogen) atoms. The van der Waals surface area contributed by atoms with Crippen molar-refractivity contribution in [3.8, 4) is 11.5 Å². The lowest BCUT2D eigenvalue weighted by Crippen LogP contribution is -2.30. The molecule has 0 spiro atoms. The van der Waals surface area contributed by atoms with Gasteiger partial charge in [0.2, 0.25) is 5.95 Å². The molecule has 4 rings (SSSR count). The summed E-state index contributed by atoms with van der Waals surface area (Å²) in [6, 6.07) is 12.3. The summed E-state index contributed by atoms with van der Waals surface area (Å²) in [4.78, 5) is 40.8. The number of amides is 2. The van der Waals surface area contributed by atoms with Crippen LogP contribution < -0.4 is 20.1 Å². The lowest BCUT2D eigenvalue weighted by Gasteiger charge is -2.22. The number of fused-ring (bicyclic) bond motifs is 1. The van der Waals surface area contributed by atoms with Crippen LogP contribution in [0.2, 0.25) is 0 Å². The fourth-order valence-corrected chi connectivity index (χ4v) is 3.08. The molecule has 2 heterocycles. The molecule has 0 saturated heterocycles. The second kappa shape index (κ2) is 7.59. The van der Waals surface area contributed by atoms with Crippen LogP contribution in [0.5, 0.6) is 11.5 Å². The molecule has 10 nitrogen and oxygen atoms in total. The third kappa shape index (κ3) is 3.20. The van der Waals surface area contributed by atoms with E-state index in [9.17, 15) is 9.59 Å². The van der Waals surface area contributed by atoms with Crippen molar-refractivity contribution >= 4 is 34.5 Å². The molecule has 10 heteroatoms. The minimum atomic E-state index is -0.804. The van der Waals surface area contributed by atoms with Crippen molar-refractivity contribution in [1.29, 1.82) is 0 Å². The number of carbonyl (C=O) groups is 2. The number of nitrogens with one attached hydrogen (secondary N) is 2. The third-order valence-electron chi connectivity index (χ3n) is 4.51. The van der Waals surface area contributed by atoms with E-state index in [0.717, 1.165) is 5.52 Å². The van der Waals surface area contributed by atoms with E-state index in [1.807, 2.05) is 24.3 Å². The number of hydrogen-bond donors (Lipinski definition) is 3. The van der Waals surface area contributed by atoms with E-state index in [0.29, 0.717) is 22.7 Å². The number of H-pyrrole nitrogens is 2. The Morgan fingerprint density at radius 3 is 2.60 bits per heavy atom. The molecule has 0 unspecified atom stereocenters. The number of benzene rings is 2. The maximum atomic E-state index is 13.5. The number of aromatic nitrogens is 4. The fraction of sp³-hybridized carbons (Fsp3) is 0.100. The van der Waals surface area contributed by atoms with Gasteiger partial charge in [-0.25, -0.2) is 14.9 Å². The zero-order chi connectivity index (χ0) is 21.3. The highest BCUT2D eigenvalue weighted by atomic mass is 16.5. The van der Waals surface area contributed by atoms with Crippen molar-refractivity contribution in [2.75, 3.05) is 19.1 Å². The van der Waals surface area contributed by atoms with Crippen LogP contribution in [-0.4, -0.2) is 46.0 Å². The van der Waals surface area contributed by atoms with Crippen molar-refractivity contribution in [3.63, 3.8) is 0 Å². The summed E-state index contributed by atoms with van der Waals surface area (Å²) >= 11 is 0. The van der Waals surface area contributed by atoms with Crippen LogP contribution in [0.3, 0.4) is 0 Å². The van der Waals surface area contributed by atoms with Crippen LogP contribution in [0.4, 0.5) is 11.6 Å². The maximum absolute atomic E-state index is 13.5. The van der Waals surface area contributed by atoms with Gasteiger partial charge < -0.3 is 25.2 Å². The van der Waals surface area contributed by atoms with Gasteiger partial charge in [-0.2, -0.15) is 0 Å². The summed E-state index contributed by atoms with van der Waals surface area (Å²) in [6.45, 7) is 0. The van der Waals surface area contributed by atoms with Crippen LogP contribution in [0.25, 0.3) is 11.0 Å². The van der Waals surface area contributed by atoms with Crippen LogP contribution in [0, 0.1) is 0 Å². The quantitative estimate of drug-likeness (QED) is 0.449. The number of hydrogen-bond acceptors (Lipinski definition) is 6. The number of aromatic amines is 2. The monoisotopic (exact) mass is 406 g/mol. The van der Waals surface area contributed by atoms with Crippen LogP contribution in [0.15, 0.2) is 48.8 Å². The number of imidazole rings is 2. The van der Waals surface area contributed by atoms with E-state index in [1.165, 1.54) is 25.4 Å². The molecule has 0 bridgehead atoms. The number of primary amides is 1. The largest absolute Gasteiger partial charge is 0.497 e. The summed E-state index contributed by atoms with van der Waals surface area (Å²) in [6.07, 6.45) is 1.23. The number of anilines is 2. The number of rotatable bonds is 6. The molecule has 2 aromatic carbocycles. The Morgan fingerprint density at radius 1 is 1.10 bits per heavy atom. The van der Waals surface area contributed by atoms with Crippen LogP contribution in [0.1, 0.15) is 21.0 Å². The smallest absolute Gasteiger partial charge is 0.286 e. The van der Waals surface area contributed by atoms with Gasteiger partial charge in [-0.05, 0) is 24.3 Å². The highest BCUT2D eigenvalue weighted by Crippen LogP contribution is 2.37. The molecule has 4 N–H and O–H groups in total. The lowest BCUT2D eigenvalue weighted by molar-refractivity contribution is 0.0961. The Labute approximate surface area is 170 Å². The predicted molar refractivity (Wildman–Crippen MR) is 109 cm³/mol. The van der Waals surface area contributed by atoms with Gasteiger partial charge in [0.15, 0.2) is 5.69 Å². The zero-order valence-corrected chi connectivity index (χ0v) is 16.2. The molecule has 152 valence electrons. The van der Waals surface area contributed by atoms with Crippen molar-refractivity contribution in [2.24, 2.45) is 5.73 Å². The first kappa shape index (κ1) is 19.0. The highest BCUT2D eigenvalue weighted by Gasteiger charge is 2.30. The molecule has 4 aromatic rings. The maximum Gasteiger partial charge on any atom is 0.286 e. The number of carbonyl (C=O) groups excluding carboxylic acids is 2. The minimum Gasteiger partial charge on any atom is -0.497 e. The van der Waals surface area contributed by atoms with E-state index in [-0.39, 0.29) is 17.3 Å². The molecule has 0 atom stereocenters. The summed E-state index contributed by atoms with van der Waals surface area (Å²) in [5.74, 6) is -0.290. The second-order valence-corrected chi connectivity index (χ2v) is 6.25. The van der Waals surface area contributed by atoms with Crippen molar-refractivity contribution in [1.82, 2.24) is 19.9 Å². The zero-order valence-electron chi connectivity index (χ0n) is 16.2. The van der Waals surface area contributed by atoms with Crippen LogP contribution >= 0.6 is 0 Å². The number of para-hydroxylation sites is 2. The number of nitrogens with zero attached hydrogens (tertiary/aromatic N) is 3. The predicted octanol–water partition coefficient (Wildman–Crippen LogP) is 2.38. The molecule has 2 amide bonds. The first-order chi connectivity index (χ1) is 14.5. The van der Waals surface area contributed by atoms with Gasteiger partial charge >= 0.3 is 0 Å². The number of methoxy groups -OCH3 is 2. The standard InChI is InChI=1S/C20H18N6O4/c1-29-11-7-8-14(15(9-11)30-2)26(19(28)17-16(18(21)27)22-10-23-17)20-24-12-5-3-4-6-13(12)25-20/h3-10H,1-2H3,(H2,21,27)(H,22,23)(H,24,25). The van der Waals surface area contributed by atoms with Gasteiger partial charge in [-0.1, -0.05) is 12.1 Å². The Morgan fingerprint density at radius 2 is 1.90 bits per heavy atom. The van der Waals surface area contributed by atoms with Gasteiger partial charge in [-0.15, -0.1) is 0 Å². The lowest BCUT2D eigenvalue weighted by atomic mass is 10.2. The normalized spacial score (nSPS) is 10.7. The average molecular weight is 406 g/mol. The summed E-state index contributed by atoms with van der Waals surface area (Å²) in [7, 11) is 3.00. The Balaban J connectivity index is 1.92. The molecular weight excluding hydrogens is 388 g/mol. The molecule has 0 radical (unpaired) electrons. The number of ether oxygens (including phenoxy) is 2. The second-order valence-electron chi connectivity index (χ2n) is 6.25. The number of nitrogens with two attached hydrogens (primary N) is 1. The van der Waals surface area contributed by atoms with Gasteiger partial charge in [0.05, 0.1) is 37.3 Å². The molecule has 2 aromatic heterocycles. The first-order valence-electron chi connectivity index (χ1n) is 8.88. The van der Waals surface area contributed by atoms with Gasteiger partial charge in [-0.3, -0.25) is 9.59 Å². The average Bonchev–Trinajstić information content (AvgIpc) is 3.41. The summed E-state index contributed by atoms with van der Waals surface area (Å²) < 4.78 is 10.7. The van der Waals surface area contributed by atoms with Crippen molar-refractivity contribution in [3.05, 3.63) is 60.2 Å². The van der Waals surface area contributed by atoms with E-state index >= 15 is 0 Å². The minimum absolute atomic E-state index is 0.103. The Hall–Kier alpha value is -4.34. The van der Waals surface area contributed by atoms with Gasteiger partial charge in [0, 0.05) is 6.07 Å². The van der Waals surface area contributed by atoms with E-state index < -0.39 is 11.8 Å². The van der Waals surface area contributed by atoms with Gasteiger partial charge in [0.1, 0.15) is 17.2 Å². The van der Waals surface area contributed by atoms with Crippen molar-refractivity contribution in [2.45, 2.75) is 0 Å².